The fourth-order valence-electron chi connectivity index (χ4n) is 2.36. The van der Waals surface area contributed by atoms with E-state index in [9.17, 15) is 8.42 Å². The number of nitrogens with zero attached hydrogens (tertiary/aromatic N) is 2. The average molecular weight is 322 g/mol. The van der Waals surface area contributed by atoms with E-state index in [4.69, 9.17) is 4.52 Å². The maximum atomic E-state index is 11.5. The standard InChI is InChI=1S/C16H22N2O3S/c1-11-16(13(3)21-17-11)10-18(4)12(2)14-6-8-15(9-7-14)22(5,19)20/h6-9,12H,10H2,1-5H3/t12-/m1/s1. The third-order valence-corrected chi connectivity index (χ3v) is 5.17. The van der Waals surface area contributed by atoms with E-state index < -0.39 is 9.84 Å². The van der Waals surface area contributed by atoms with Crippen LogP contribution in [0.15, 0.2) is 33.7 Å². The molecule has 0 unspecified atom stereocenters. The third kappa shape index (κ3) is 3.56. The zero-order valence-electron chi connectivity index (χ0n) is 13.6. The molecule has 0 saturated heterocycles. The molecule has 0 aliphatic carbocycles. The third-order valence-electron chi connectivity index (χ3n) is 4.04. The largest absolute Gasteiger partial charge is 0.361 e. The van der Waals surface area contributed by atoms with Gasteiger partial charge in [-0.25, -0.2) is 8.42 Å². The van der Waals surface area contributed by atoms with E-state index in [0.717, 1.165) is 29.1 Å². The van der Waals surface area contributed by atoms with Crippen molar-refractivity contribution in [3.63, 3.8) is 0 Å². The van der Waals surface area contributed by atoms with Crippen molar-refractivity contribution in [1.82, 2.24) is 10.1 Å². The van der Waals surface area contributed by atoms with E-state index >= 15 is 0 Å². The summed E-state index contributed by atoms with van der Waals surface area (Å²) in [5.74, 6) is 0.837. The van der Waals surface area contributed by atoms with Crippen molar-refractivity contribution in [3.05, 3.63) is 46.8 Å². The Morgan fingerprint density at radius 2 is 1.82 bits per heavy atom. The molecule has 1 aromatic heterocycles. The van der Waals surface area contributed by atoms with Crippen LogP contribution in [0.3, 0.4) is 0 Å². The van der Waals surface area contributed by atoms with Crippen LogP contribution in [-0.2, 0) is 16.4 Å². The molecule has 0 N–H and O–H groups in total. The van der Waals surface area contributed by atoms with Gasteiger partial charge in [-0.05, 0) is 45.5 Å². The summed E-state index contributed by atoms with van der Waals surface area (Å²) in [5, 5.41) is 3.97. The lowest BCUT2D eigenvalue weighted by Gasteiger charge is -2.25. The second-order valence-corrected chi connectivity index (χ2v) is 7.75. The van der Waals surface area contributed by atoms with Gasteiger partial charge in [0.2, 0.25) is 0 Å². The molecular weight excluding hydrogens is 300 g/mol. The Morgan fingerprint density at radius 3 is 2.27 bits per heavy atom. The SMILES string of the molecule is Cc1noc(C)c1CN(C)[C@H](C)c1ccc(S(C)(=O)=O)cc1. The number of rotatable bonds is 5. The van der Waals surface area contributed by atoms with Crippen LogP contribution >= 0.6 is 0 Å². The highest BCUT2D eigenvalue weighted by Gasteiger charge is 2.17. The molecule has 1 atom stereocenters. The molecule has 6 heteroatoms. The lowest BCUT2D eigenvalue weighted by Crippen LogP contribution is -2.22. The van der Waals surface area contributed by atoms with E-state index in [1.54, 1.807) is 12.1 Å². The van der Waals surface area contributed by atoms with Gasteiger partial charge in [-0.3, -0.25) is 4.90 Å². The molecule has 0 aliphatic rings. The lowest BCUT2D eigenvalue weighted by atomic mass is 10.1. The quantitative estimate of drug-likeness (QED) is 0.847. The summed E-state index contributed by atoms with van der Waals surface area (Å²) in [7, 11) is -1.12. The van der Waals surface area contributed by atoms with Crippen molar-refractivity contribution in [2.24, 2.45) is 0 Å². The summed E-state index contributed by atoms with van der Waals surface area (Å²) in [6.07, 6.45) is 1.22. The lowest BCUT2D eigenvalue weighted by molar-refractivity contribution is 0.251. The Balaban J connectivity index is 2.15. The van der Waals surface area contributed by atoms with Crippen molar-refractivity contribution in [2.75, 3.05) is 13.3 Å². The molecule has 1 aromatic carbocycles. The highest BCUT2D eigenvalue weighted by atomic mass is 32.2. The van der Waals surface area contributed by atoms with Gasteiger partial charge in [0, 0.05) is 24.4 Å². The number of sulfone groups is 1. The zero-order valence-corrected chi connectivity index (χ0v) is 14.4. The molecule has 0 radical (unpaired) electrons. The number of hydrogen-bond acceptors (Lipinski definition) is 5. The minimum atomic E-state index is -3.15. The Bertz CT molecular complexity index is 729. The summed E-state index contributed by atoms with van der Waals surface area (Å²) >= 11 is 0. The molecule has 120 valence electrons. The van der Waals surface area contributed by atoms with Gasteiger partial charge in [0.25, 0.3) is 0 Å². The maximum Gasteiger partial charge on any atom is 0.175 e. The summed E-state index contributed by atoms with van der Waals surface area (Å²) in [6.45, 7) is 6.67. The van der Waals surface area contributed by atoms with Gasteiger partial charge in [-0.1, -0.05) is 17.3 Å². The van der Waals surface area contributed by atoms with Crippen molar-refractivity contribution < 1.29 is 12.9 Å². The van der Waals surface area contributed by atoms with Gasteiger partial charge in [0.1, 0.15) is 5.76 Å². The molecule has 0 fully saturated rings. The first-order chi connectivity index (χ1) is 10.2. The first-order valence-corrected chi connectivity index (χ1v) is 9.01. The van der Waals surface area contributed by atoms with Gasteiger partial charge >= 0.3 is 0 Å². The molecule has 22 heavy (non-hydrogen) atoms. The van der Waals surface area contributed by atoms with Gasteiger partial charge in [-0.2, -0.15) is 0 Å². The normalized spacial score (nSPS) is 13.5. The predicted octanol–water partition coefficient (Wildman–Crippen LogP) is 2.89. The van der Waals surface area contributed by atoms with Crippen LogP contribution in [0.25, 0.3) is 0 Å². The topological polar surface area (TPSA) is 63.4 Å². The van der Waals surface area contributed by atoms with Crippen molar-refractivity contribution >= 4 is 9.84 Å². The summed E-state index contributed by atoms with van der Waals surface area (Å²) in [6, 6.07) is 7.20. The van der Waals surface area contributed by atoms with Crippen LogP contribution in [0.4, 0.5) is 0 Å². The molecule has 5 nitrogen and oxygen atoms in total. The predicted molar refractivity (Wildman–Crippen MR) is 85.4 cm³/mol. The van der Waals surface area contributed by atoms with Crippen LogP contribution in [0.1, 0.15) is 35.5 Å². The van der Waals surface area contributed by atoms with E-state index in [1.807, 2.05) is 33.0 Å². The number of benzene rings is 1. The first kappa shape index (κ1) is 16.7. The molecule has 0 amide bonds. The van der Waals surface area contributed by atoms with Crippen LogP contribution in [0, 0.1) is 13.8 Å². The number of hydrogen-bond donors (Lipinski definition) is 0. The van der Waals surface area contributed by atoms with Crippen molar-refractivity contribution in [1.29, 1.82) is 0 Å². The molecule has 0 aliphatic heterocycles. The first-order valence-electron chi connectivity index (χ1n) is 7.12. The molecule has 0 saturated carbocycles. The molecule has 2 rings (SSSR count). The van der Waals surface area contributed by atoms with Crippen molar-refractivity contribution in [2.45, 2.75) is 38.3 Å². The monoisotopic (exact) mass is 322 g/mol. The Hall–Kier alpha value is -1.66. The fraction of sp³-hybridized carbons (Fsp3) is 0.438. The summed E-state index contributed by atoms with van der Waals surface area (Å²) < 4.78 is 28.2. The second-order valence-electron chi connectivity index (χ2n) is 5.74. The number of aryl methyl sites for hydroxylation is 2. The van der Waals surface area contributed by atoms with E-state index in [0.29, 0.717) is 4.90 Å². The highest BCUT2D eigenvalue weighted by molar-refractivity contribution is 7.90. The van der Waals surface area contributed by atoms with E-state index in [2.05, 4.69) is 17.0 Å². The van der Waals surface area contributed by atoms with Gasteiger partial charge < -0.3 is 4.52 Å². The summed E-state index contributed by atoms with van der Waals surface area (Å²) in [4.78, 5) is 2.53. The minimum absolute atomic E-state index is 0.155. The van der Waals surface area contributed by atoms with Crippen LogP contribution < -0.4 is 0 Å². The smallest absolute Gasteiger partial charge is 0.175 e. The van der Waals surface area contributed by atoms with Crippen LogP contribution in [-0.4, -0.2) is 31.8 Å². The maximum absolute atomic E-state index is 11.5. The van der Waals surface area contributed by atoms with E-state index in [-0.39, 0.29) is 6.04 Å². The molecule has 0 spiro atoms. The second kappa shape index (κ2) is 6.22. The van der Waals surface area contributed by atoms with E-state index in [1.165, 1.54) is 6.26 Å². The number of aromatic nitrogens is 1. The van der Waals surface area contributed by atoms with Gasteiger partial charge in [0.15, 0.2) is 9.84 Å². The Morgan fingerprint density at radius 1 is 1.23 bits per heavy atom. The van der Waals surface area contributed by atoms with Crippen LogP contribution in [0.5, 0.6) is 0 Å². The Kier molecular flexibility index (Phi) is 4.72. The fourth-order valence-corrected chi connectivity index (χ4v) is 2.99. The minimum Gasteiger partial charge on any atom is -0.361 e. The van der Waals surface area contributed by atoms with Gasteiger partial charge in [0.05, 0.1) is 10.6 Å². The summed E-state index contributed by atoms with van der Waals surface area (Å²) in [5.41, 5.74) is 3.08. The van der Waals surface area contributed by atoms with Gasteiger partial charge in [-0.15, -0.1) is 0 Å². The van der Waals surface area contributed by atoms with Crippen molar-refractivity contribution in [3.8, 4) is 0 Å². The van der Waals surface area contributed by atoms with Crippen LogP contribution in [0.2, 0.25) is 0 Å². The highest BCUT2D eigenvalue weighted by Crippen LogP contribution is 2.24. The molecule has 2 aromatic rings. The Labute approximate surface area is 131 Å². The molecule has 1 heterocycles. The average Bonchev–Trinajstić information content (AvgIpc) is 2.77. The molecular formula is C16H22N2O3S. The molecule has 0 bridgehead atoms. The zero-order chi connectivity index (χ0) is 16.5.